The van der Waals surface area contributed by atoms with Crippen LogP contribution in [0, 0.1) is 11.8 Å². The molecule has 1 N–H and O–H groups in total. The summed E-state index contributed by atoms with van der Waals surface area (Å²) in [6.45, 7) is 1.42. The highest BCUT2D eigenvalue weighted by Crippen LogP contribution is 2.38. The second kappa shape index (κ2) is 7.50. The first kappa shape index (κ1) is 18.3. The topological polar surface area (TPSA) is 60.3 Å². The molecule has 0 spiro atoms. The minimum absolute atomic E-state index is 0.0560. The van der Waals surface area contributed by atoms with Crippen molar-refractivity contribution in [2.24, 2.45) is 11.8 Å². The lowest BCUT2D eigenvalue weighted by Crippen LogP contribution is -3.12. The third kappa shape index (κ3) is 3.20. The van der Waals surface area contributed by atoms with Crippen LogP contribution in [0.2, 0.25) is 0 Å². The van der Waals surface area contributed by atoms with E-state index in [2.05, 4.69) is 0 Å². The molecule has 2 saturated heterocycles. The molecular weight excluding hydrogens is 344 g/mol. The molecule has 3 fully saturated rings. The number of carbonyl (C=O) groups excluding carboxylic acids is 2. The molecule has 1 unspecified atom stereocenters. The summed E-state index contributed by atoms with van der Waals surface area (Å²) in [5.74, 6) is 1.61. The average molecular weight is 373 g/mol. The highest BCUT2D eigenvalue weighted by Gasteiger charge is 2.50. The summed E-state index contributed by atoms with van der Waals surface area (Å²) in [4.78, 5) is 28.5. The van der Waals surface area contributed by atoms with Crippen LogP contribution in [0.25, 0.3) is 0 Å². The molecule has 1 aromatic rings. The van der Waals surface area contributed by atoms with Crippen molar-refractivity contribution in [3.8, 4) is 11.5 Å². The van der Waals surface area contributed by atoms with Crippen LogP contribution >= 0.6 is 0 Å². The Morgan fingerprint density at radius 1 is 1.00 bits per heavy atom. The van der Waals surface area contributed by atoms with Crippen molar-refractivity contribution in [1.82, 2.24) is 4.90 Å². The standard InChI is InChI=1S/C21H28N2O4/c1-26-14-9-10-19(27-2)17(12-14)18-8-5-11-22(18)13-23-20(24)15-6-3-4-7-16(15)21(23)25/h9-10,12,15-16,18H,3-8,11,13H2,1-2H3/p+1/t15-,16+,18-/m0/s1. The van der Waals surface area contributed by atoms with Crippen LogP contribution in [0.1, 0.15) is 50.1 Å². The van der Waals surface area contributed by atoms with Crippen LogP contribution in [-0.2, 0) is 9.59 Å². The number of quaternary nitrogens is 1. The van der Waals surface area contributed by atoms with Crippen LogP contribution < -0.4 is 14.4 Å². The van der Waals surface area contributed by atoms with E-state index in [4.69, 9.17) is 9.47 Å². The molecule has 1 saturated carbocycles. The average Bonchev–Trinajstić information content (AvgIpc) is 3.26. The van der Waals surface area contributed by atoms with E-state index in [1.807, 2.05) is 18.2 Å². The van der Waals surface area contributed by atoms with Gasteiger partial charge in [0.2, 0.25) is 11.8 Å². The van der Waals surface area contributed by atoms with Crippen molar-refractivity contribution in [2.45, 2.75) is 44.6 Å². The molecule has 146 valence electrons. The summed E-state index contributed by atoms with van der Waals surface area (Å²) in [6, 6.07) is 6.07. The summed E-state index contributed by atoms with van der Waals surface area (Å²) in [6.07, 6.45) is 5.95. The number of amides is 2. The third-order valence-electron chi connectivity index (χ3n) is 6.59. The maximum Gasteiger partial charge on any atom is 0.237 e. The van der Waals surface area contributed by atoms with Crippen molar-refractivity contribution in [3.63, 3.8) is 0 Å². The predicted octanol–water partition coefficient (Wildman–Crippen LogP) is 1.56. The molecule has 27 heavy (non-hydrogen) atoms. The van der Waals surface area contributed by atoms with Gasteiger partial charge in [0.25, 0.3) is 0 Å². The Hall–Kier alpha value is -2.08. The second-order valence-corrected chi connectivity index (χ2v) is 7.97. The molecule has 3 aliphatic rings. The maximum atomic E-state index is 12.9. The van der Waals surface area contributed by atoms with Gasteiger partial charge in [-0.25, -0.2) is 4.90 Å². The van der Waals surface area contributed by atoms with Crippen molar-refractivity contribution < 1.29 is 24.0 Å². The zero-order valence-corrected chi connectivity index (χ0v) is 16.2. The monoisotopic (exact) mass is 373 g/mol. The number of nitrogens with one attached hydrogen (secondary N) is 1. The molecule has 6 heteroatoms. The van der Waals surface area contributed by atoms with Crippen LogP contribution in [0.3, 0.4) is 0 Å². The molecule has 2 amide bonds. The molecule has 1 aromatic carbocycles. The zero-order chi connectivity index (χ0) is 19.0. The van der Waals surface area contributed by atoms with Gasteiger partial charge in [0, 0.05) is 12.8 Å². The number of hydrogen-bond acceptors (Lipinski definition) is 4. The minimum Gasteiger partial charge on any atom is -0.497 e. The summed E-state index contributed by atoms with van der Waals surface area (Å²) in [5.41, 5.74) is 1.10. The fourth-order valence-corrected chi connectivity index (χ4v) is 5.18. The molecule has 4 atom stereocenters. The van der Waals surface area contributed by atoms with E-state index in [-0.39, 0.29) is 29.7 Å². The van der Waals surface area contributed by atoms with Gasteiger partial charge in [0.1, 0.15) is 17.5 Å². The van der Waals surface area contributed by atoms with E-state index < -0.39 is 0 Å². The van der Waals surface area contributed by atoms with Crippen molar-refractivity contribution in [3.05, 3.63) is 23.8 Å². The molecule has 6 nitrogen and oxygen atoms in total. The van der Waals surface area contributed by atoms with Gasteiger partial charge in [-0.15, -0.1) is 0 Å². The largest absolute Gasteiger partial charge is 0.497 e. The molecule has 4 rings (SSSR count). The number of benzene rings is 1. The fraction of sp³-hybridized carbons (Fsp3) is 0.619. The summed E-state index contributed by atoms with van der Waals surface area (Å²) in [5, 5.41) is 0. The van der Waals surface area contributed by atoms with Gasteiger partial charge in [-0.3, -0.25) is 9.59 Å². The van der Waals surface area contributed by atoms with Crippen molar-refractivity contribution in [2.75, 3.05) is 27.4 Å². The number of imide groups is 1. The van der Waals surface area contributed by atoms with Gasteiger partial charge < -0.3 is 14.4 Å². The quantitative estimate of drug-likeness (QED) is 0.796. The Bertz CT molecular complexity index is 711. The number of hydrogen-bond donors (Lipinski definition) is 1. The first-order valence-corrected chi connectivity index (χ1v) is 10.1. The lowest BCUT2D eigenvalue weighted by atomic mass is 9.81. The number of rotatable bonds is 5. The van der Waals surface area contributed by atoms with E-state index in [9.17, 15) is 9.59 Å². The first-order valence-electron chi connectivity index (χ1n) is 10.1. The van der Waals surface area contributed by atoms with Crippen LogP contribution in [0.15, 0.2) is 18.2 Å². The Morgan fingerprint density at radius 2 is 1.70 bits per heavy atom. The molecule has 0 radical (unpaired) electrons. The van der Waals surface area contributed by atoms with E-state index >= 15 is 0 Å². The number of carbonyl (C=O) groups is 2. The molecular formula is C21H29N2O4+. The summed E-state index contributed by atoms with van der Waals surface area (Å²) < 4.78 is 11.0. The predicted molar refractivity (Wildman–Crippen MR) is 99.5 cm³/mol. The highest BCUT2D eigenvalue weighted by molar-refractivity contribution is 6.05. The molecule has 2 heterocycles. The van der Waals surface area contributed by atoms with E-state index in [1.54, 1.807) is 19.1 Å². The molecule has 1 aliphatic carbocycles. The van der Waals surface area contributed by atoms with Crippen LogP contribution in [-0.4, -0.2) is 44.1 Å². The fourth-order valence-electron chi connectivity index (χ4n) is 5.18. The second-order valence-electron chi connectivity index (χ2n) is 7.97. The van der Waals surface area contributed by atoms with E-state index in [1.165, 1.54) is 4.90 Å². The SMILES string of the molecule is COc1ccc(OC)c([C@@H]2CCC[NH+]2CN2C(=O)[C@H]3CCCC[C@H]3C2=O)c1. The normalized spacial score (nSPS) is 30.5. The number of methoxy groups -OCH3 is 2. The first-order chi connectivity index (χ1) is 13.1. The van der Waals surface area contributed by atoms with Gasteiger partial charge >= 0.3 is 0 Å². The Morgan fingerprint density at radius 3 is 2.33 bits per heavy atom. The van der Waals surface area contributed by atoms with Gasteiger partial charge in [0.05, 0.1) is 38.2 Å². The van der Waals surface area contributed by atoms with Gasteiger partial charge in [-0.05, 0) is 31.0 Å². The van der Waals surface area contributed by atoms with E-state index in [0.717, 1.165) is 62.1 Å². The number of nitrogens with zero attached hydrogens (tertiary/aromatic N) is 1. The molecule has 0 bridgehead atoms. The summed E-state index contributed by atoms with van der Waals surface area (Å²) >= 11 is 0. The Kier molecular flexibility index (Phi) is 5.08. The van der Waals surface area contributed by atoms with Crippen LogP contribution in [0.5, 0.6) is 11.5 Å². The smallest absolute Gasteiger partial charge is 0.237 e. The Labute approximate surface area is 160 Å². The minimum atomic E-state index is -0.0712. The maximum absolute atomic E-state index is 12.9. The number of likely N-dealkylation sites (tertiary alicyclic amines) is 2. The Balaban J connectivity index is 1.56. The van der Waals surface area contributed by atoms with Crippen molar-refractivity contribution >= 4 is 11.8 Å². The third-order valence-corrected chi connectivity index (χ3v) is 6.59. The number of ether oxygens (including phenoxy) is 2. The van der Waals surface area contributed by atoms with Crippen molar-refractivity contribution in [1.29, 1.82) is 0 Å². The number of fused-ring (bicyclic) bond motifs is 1. The lowest BCUT2D eigenvalue weighted by molar-refractivity contribution is -0.925. The van der Waals surface area contributed by atoms with Gasteiger partial charge in [-0.1, -0.05) is 12.8 Å². The van der Waals surface area contributed by atoms with Gasteiger partial charge in [0.15, 0.2) is 6.67 Å². The zero-order valence-electron chi connectivity index (χ0n) is 16.2. The summed E-state index contributed by atoms with van der Waals surface area (Å²) in [7, 11) is 3.34. The molecule has 2 aliphatic heterocycles. The highest BCUT2D eigenvalue weighted by atomic mass is 16.5. The lowest BCUT2D eigenvalue weighted by Gasteiger charge is -2.27. The molecule has 0 aromatic heterocycles. The van der Waals surface area contributed by atoms with Gasteiger partial charge in [-0.2, -0.15) is 0 Å². The van der Waals surface area contributed by atoms with E-state index in [0.29, 0.717) is 6.67 Å². The van der Waals surface area contributed by atoms with Crippen LogP contribution in [0.4, 0.5) is 0 Å².